The molecule has 0 saturated heterocycles. The van der Waals surface area contributed by atoms with Gasteiger partial charge in [-0.25, -0.2) is 0 Å². The van der Waals surface area contributed by atoms with Gasteiger partial charge in [-0.1, -0.05) is 57.8 Å². The van der Waals surface area contributed by atoms with Crippen LogP contribution in [-0.2, 0) is 0 Å². The molecular weight excluding hydrogens is 119 g/mol. The summed E-state index contributed by atoms with van der Waals surface area (Å²) < 4.78 is 0. The standard InChI is InChI=1S/C9H18.B/c1-2-4-6-8-9-7-5-3-1;/h1-9H2;. The van der Waals surface area contributed by atoms with E-state index in [2.05, 4.69) is 0 Å². The van der Waals surface area contributed by atoms with Crippen LogP contribution in [0.2, 0.25) is 0 Å². The topological polar surface area (TPSA) is 0 Å². The summed E-state index contributed by atoms with van der Waals surface area (Å²) in [5.74, 6) is 0. The molecule has 1 fully saturated rings. The van der Waals surface area contributed by atoms with E-state index in [4.69, 9.17) is 0 Å². The molecule has 0 spiro atoms. The number of rotatable bonds is 0. The molecule has 0 aromatic heterocycles. The Bertz CT molecular complexity index is 33.2. The fourth-order valence-electron chi connectivity index (χ4n) is 1.59. The van der Waals surface area contributed by atoms with Gasteiger partial charge < -0.3 is 0 Å². The zero-order chi connectivity index (χ0) is 6.36. The largest absolute Gasteiger partial charge is 0.0533 e. The third kappa shape index (κ3) is 4.90. The summed E-state index contributed by atoms with van der Waals surface area (Å²) in [4.78, 5) is 0. The minimum Gasteiger partial charge on any atom is -0.0533 e. The fraction of sp³-hybridized carbons (Fsp3) is 1.00. The first-order valence-corrected chi connectivity index (χ1v) is 4.50. The van der Waals surface area contributed by atoms with E-state index in [1.807, 2.05) is 0 Å². The Morgan fingerprint density at radius 1 is 0.300 bits per heavy atom. The summed E-state index contributed by atoms with van der Waals surface area (Å²) in [6.07, 6.45) is 13.5. The maximum atomic E-state index is 1.50. The lowest BCUT2D eigenvalue weighted by molar-refractivity contribution is 0.624. The molecule has 1 heteroatoms. The molecule has 1 aliphatic carbocycles. The van der Waals surface area contributed by atoms with Crippen LogP contribution < -0.4 is 0 Å². The molecule has 0 unspecified atom stereocenters. The normalized spacial score (nSPS) is 21.6. The van der Waals surface area contributed by atoms with Crippen LogP contribution >= 0.6 is 0 Å². The van der Waals surface area contributed by atoms with Gasteiger partial charge in [-0.05, 0) is 0 Å². The van der Waals surface area contributed by atoms with E-state index < -0.39 is 0 Å². The van der Waals surface area contributed by atoms with Crippen molar-refractivity contribution in [2.45, 2.75) is 57.8 Å². The molecule has 3 radical (unpaired) electrons. The average molecular weight is 137 g/mol. The second kappa shape index (κ2) is 7.18. The van der Waals surface area contributed by atoms with Crippen molar-refractivity contribution in [3.8, 4) is 0 Å². The third-order valence-corrected chi connectivity index (χ3v) is 2.25. The van der Waals surface area contributed by atoms with Crippen LogP contribution in [0.25, 0.3) is 0 Å². The van der Waals surface area contributed by atoms with Gasteiger partial charge in [0.05, 0.1) is 0 Å². The highest BCUT2D eigenvalue weighted by atomic mass is 14.0. The van der Waals surface area contributed by atoms with Crippen LogP contribution in [-0.4, -0.2) is 8.41 Å². The predicted molar refractivity (Wildman–Crippen MR) is 47.3 cm³/mol. The smallest absolute Gasteiger partial charge is 0 e. The lowest BCUT2D eigenvalue weighted by atomic mass is 10.1. The molecule has 0 aliphatic heterocycles. The van der Waals surface area contributed by atoms with Crippen LogP contribution in [0.5, 0.6) is 0 Å². The Balaban J connectivity index is 0.000000810. The van der Waals surface area contributed by atoms with E-state index >= 15 is 0 Å². The van der Waals surface area contributed by atoms with Crippen LogP contribution in [0.4, 0.5) is 0 Å². The van der Waals surface area contributed by atoms with E-state index in [9.17, 15) is 0 Å². The molecular formula is C9H18B. The SMILES string of the molecule is C1CCCCCCCC1.[B]. The quantitative estimate of drug-likeness (QED) is 0.450. The van der Waals surface area contributed by atoms with Crippen molar-refractivity contribution < 1.29 is 0 Å². The van der Waals surface area contributed by atoms with Gasteiger partial charge in [0.1, 0.15) is 0 Å². The average Bonchev–Trinajstić information content (AvgIpc) is 2.00. The molecule has 0 atom stereocenters. The molecule has 10 heavy (non-hydrogen) atoms. The lowest BCUT2D eigenvalue weighted by Crippen LogP contribution is -1.73. The van der Waals surface area contributed by atoms with Gasteiger partial charge in [0.25, 0.3) is 0 Å². The highest BCUT2D eigenvalue weighted by molar-refractivity contribution is 5.75. The van der Waals surface area contributed by atoms with Gasteiger partial charge in [0, 0.05) is 8.41 Å². The molecule has 0 aromatic carbocycles. The molecule has 0 amide bonds. The van der Waals surface area contributed by atoms with E-state index in [-0.39, 0.29) is 8.41 Å². The van der Waals surface area contributed by atoms with Gasteiger partial charge in [0.15, 0.2) is 0 Å². The first-order valence-electron chi connectivity index (χ1n) is 4.50. The van der Waals surface area contributed by atoms with Crippen LogP contribution in [0.1, 0.15) is 57.8 Å². The predicted octanol–water partition coefficient (Wildman–Crippen LogP) is 3.13. The van der Waals surface area contributed by atoms with E-state index in [1.165, 1.54) is 57.8 Å². The lowest BCUT2D eigenvalue weighted by Gasteiger charge is -1.93. The van der Waals surface area contributed by atoms with Crippen LogP contribution in [0.15, 0.2) is 0 Å². The molecule has 1 aliphatic rings. The molecule has 0 heterocycles. The molecule has 0 nitrogen and oxygen atoms in total. The molecule has 0 N–H and O–H groups in total. The monoisotopic (exact) mass is 137 g/mol. The van der Waals surface area contributed by atoms with Gasteiger partial charge >= 0.3 is 0 Å². The second-order valence-corrected chi connectivity index (χ2v) is 3.18. The summed E-state index contributed by atoms with van der Waals surface area (Å²) in [6, 6.07) is 0. The Kier molecular flexibility index (Phi) is 7.22. The van der Waals surface area contributed by atoms with Gasteiger partial charge in [0.2, 0.25) is 0 Å². The minimum atomic E-state index is 0. The first kappa shape index (κ1) is 10.1. The third-order valence-electron chi connectivity index (χ3n) is 2.25. The Labute approximate surface area is 67.0 Å². The van der Waals surface area contributed by atoms with Gasteiger partial charge in [-0.15, -0.1) is 0 Å². The summed E-state index contributed by atoms with van der Waals surface area (Å²) in [6.45, 7) is 0. The van der Waals surface area contributed by atoms with E-state index in [0.29, 0.717) is 0 Å². The molecule has 0 aromatic rings. The molecule has 1 rings (SSSR count). The maximum absolute atomic E-state index is 1.50. The highest BCUT2D eigenvalue weighted by Crippen LogP contribution is 2.15. The summed E-state index contributed by atoms with van der Waals surface area (Å²) in [5.41, 5.74) is 0. The van der Waals surface area contributed by atoms with Gasteiger partial charge in [-0.2, -0.15) is 0 Å². The summed E-state index contributed by atoms with van der Waals surface area (Å²) >= 11 is 0. The second-order valence-electron chi connectivity index (χ2n) is 3.18. The number of hydrogen-bond acceptors (Lipinski definition) is 0. The Hall–Kier alpha value is 0.0649. The summed E-state index contributed by atoms with van der Waals surface area (Å²) in [7, 11) is 0. The minimum absolute atomic E-state index is 0. The highest BCUT2D eigenvalue weighted by Gasteiger charge is 1.95. The number of hydrogen-bond donors (Lipinski definition) is 0. The van der Waals surface area contributed by atoms with Crippen molar-refractivity contribution in [1.82, 2.24) is 0 Å². The van der Waals surface area contributed by atoms with Gasteiger partial charge in [-0.3, -0.25) is 0 Å². The Morgan fingerprint density at radius 3 is 0.500 bits per heavy atom. The van der Waals surface area contributed by atoms with E-state index in [0.717, 1.165) is 0 Å². The zero-order valence-electron chi connectivity index (χ0n) is 6.94. The molecule has 1 saturated carbocycles. The van der Waals surface area contributed by atoms with Crippen molar-refractivity contribution in [2.24, 2.45) is 0 Å². The molecule has 57 valence electrons. The van der Waals surface area contributed by atoms with Crippen molar-refractivity contribution in [3.63, 3.8) is 0 Å². The molecule has 0 bridgehead atoms. The Morgan fingerprint density at radius 2 is 0.400 bits per heavy atom. The van der Waals surface area contributed by atoms with E-state index in [1.54, 1.807) is 0 Å². The van der Waals surface area contributed by atoms with Crippen molar-refractivity contribution in [3.05, 3.63) is 0 Å². The van der Waals surface area contributed by atoms with Crippen LogP contribution in [0, 0.1) is 0 Å². The fourth-order valence-corrected chi connectivity index (χ4v) is 1.59. The first-order chi connectivity index (χ1) is 4.50. The summed E-state index contributed by atoms with van der Waals surface area (Å²) in [5, 5.41) is 0. The van der Waals surface area contributed by atoms with Crippen molar-refractivity contribution in [1.29, 1.82) is 0 Å². The zero-order valence-corrected chi connectivity index (χ0v) is 6.94. The van der Waals surface area contributed by atoms with Crippen molar-refractivity contribution >= 4 is 8.41 Å². The maximum Gasteiger partial charge on any atom is 0 e. The van der Waals surface area contributed by atoms with Crippen molar-refractivity contribution in [2.75, 3.05) is 0 Å². The van der Waals surface area contributed by atoms with Crippen LogP contribution in [0.3, 0.4) is 0 Å².